The van der Waals surface area contributed by atoms with Crippen molar-refractivity contribution < 1.29 is 23.2 Å². The molecule has 2 rings (SSSR count). The third kappa shape index (κ3) is 3.99. The lowest BCUT2D eigenvalue weighted by molar-refractivity contribution is -0.385. The third-order valence-corrected chi connectivity index (χ3v) is 2.94. The largest absolute Gasteiger partial charge is 0.433 e. The molecule has 8 nitrogen and oxygen atoms in total. The van der Waals surface area contributed by atoms with E-state index in [1.807, 2.05) is 0 Å². The van der Waals surface area contributed by atoms with Crippen molar-refractivity contribution in [3.8, 4) is 5.75 Å². The van der Waals surface area contributed by atoms with Crippen LogP contribution in [0.1, 0.15) is 5.69 Å². The molecule has 0 aliphatic carbocycles. The van der Waals surface area contributed by atoms with E-state index in [1.165, 1.54) is 31.2 Å². The maximum atomic E-state index is 12.3. The molecule has 10 heteroatoms. The molecule has 0 bridgehead atoms. The minimum absolute atomic E-state index is 0.0668. The summed E-state index contributed by atoms with van der Waals surface area (Å²) in [6, 6.07) is 5.70. The van der Waals surface area contributed by atoms with Crippen LogP contribution in [0.15, 0.2) is 30.5 Å². The highest BCUT2D eigenvalue weighted by Gasteiger charge is 2.18. The van der Waals surface area contributed by atoms with Crippen LogP contribution in [0.25, 0.3) is 0 Å². The standard InChI is InChI=1S/C13H12F2N4O4/c1-8-10(19(21)22)6-16-18(8)7-12(20)17-9-4-2-3-5-11(9)23-13(14)15/h2-6,13H,7H2,1H3,(H,17,20). The van der Waals surface area contributed by atoms with Gasteiger partial charge in [-0.1, -0.05) is 12.1 Å². The number of nitro groups is 1. The van der Waals surface area contributed by atoms with E-state index in [-0.39, 0.29) is 29.4 Å². The molecule has 0 aliphatic rings. The van der Waals surface area contributed by atoms with Crippen LogP contribution >= 0.6 is 0 Å². The molecule has 0 spiro atoms. The minimum Gasteiger partial charge on any atom is -0.433 e. The quantitative estimate of drug-likeness (QED) is 0.649. The summed E-state index contributed by atoms with van der Waals surface area (Å²) >= 11 is 0. The molecule has 1 heterocycles. The summed E-state index contributed by atoms with van der Waals surface area (Å²) in [5.74, 6) is -0.768. The molecule has 122 valence electrons. The highest BCUT2D eigenvalue weighted by atomic mass is 19.3. The zero-order valence-electron chi connectivity index (χ0n) is 11.9. The van der Waals surface area contributed by atoms with Gasteiger partial charge in [-0.3, -0.25) is 19.6 Å². The molecule has 1 amide bonds. The molecule has 1 aromatic carbocycles. The number of nitrogens with zero attached hydrogens (tertiary/aromatic N) is 3. The summed E-state index contributed by atoms with van der Waals surface area (Å²) in [5, 5.41) is 16.9. The topological polar surface area (TPSA) is 99.3 Å². The lowest BCUT2D eigenvalue weighted by Gasteiger charge is -2.11. The molecule has 0 unspecified atom stereocenters. The van der Waals surface area contributed by atoms with E-state index in [1.54, 1.807) is 0 Å². The molecule has 0 saturated carbocycles. The normalized spacial score (nSPS) is 10.6. The number of ether oxygens (including phenoxy) is 1. The highest BCUT2D eigenvalue weighted by Crippen LogP contribution is 2.25. The molecule has 23 heavy (non-hydrogen) atoms. The Bertz CT molecular complexity index is 733. The smallest absolute Gasteiger partial charge is 0.387 e. The van der Waals surface area contributed by atoms with Gasteiger partial charge in [-0.25, -0.2) is 0 Å². The third-order valence-electron chi connectivity index (χ3n) is 2.94. The van der Waals surface area contributed by atoms with Crippen LogP contribution in [0, 0.1) is 17.0 Å². The number of carbonyl (C=O) groups is 1. The Morgan fingerprint density at radius 2 is 2.17 bits per heavy atom. The van der Waals surface area contributed by atoms with Crippen molar-refractivity contribution in [3.05, 3.63) is 46.3 Å². The number of benzene rings is 1. The number of aromatic nitrogens is 2. The Kier molecular flexibility index (Phi) is 4.84. The number of para-hydroxylation sites is 2. The summed E-state index contributed by atoms with van der Waals surface area (Å²) in [5.41, 5.74) is 0.0682. The average Bonchev–Trinajstić information content (AvgIpc) is 2.82. The zero-order valence-corrected chi connectivity index (χ0v) is 11.9. The monoisotopic (exact) mass is 326 g/mol. The number of amides is 1. The molecule has 0 aliphatic heterocycles. The molecule has 0 radical (unpaired) electrons. The summed E-state index contributed by atoms with van der Waals surface area (Å²) in [7, 11) is 0. The summed E-state index contributed by atoms with van der Waals surface area (Å²) in [4.78, 5) is 22.1. The number of hydrogen-bond donors (Lipinski definition) is 1. The van der Waals surface area contributed by atoms with E-state index in [0.29, 0.717) is 0 Å². The van der Waals surface area contributed by atoms with Gasteiger partial charge in [-0.2, -0.15) is 13.9 Å². The van der Waals surface area contributed by atoms with Crippen molar-refractivity contribution in [2.24, 2.45) is 0 Å². The second-order valence-corrected chi connectivity index (χ2v) is 4.45. The van der Waals surface area contributed by atoms with Crippen molar-refractivity contribution in [1.29, 1.82) is 0 Å². The van der Waals surface area contributed by atoms with Crippen molar-refractivity contribution in [2.45, 2.75) is 20.1 Å². The lowest BCUT2D eigenvalue weighted by Crippen LogP contribution is -2.21. The highest BCUT2D eigenvalue weighted by molar-refractivity contribution is 5.92. The van der Waals surface area contributed by atoms with E-state index in [2.05, 4.69) is 15.2 Å². The summed E-state index contributed by atoms with van der Waals surface area (Å²) in [6.07, 6.45) is 1.04. The number of nitrogens with one attached hydrogen (secondary N) is 1. The Morgan fingerprint density at radius 1 is 1.48 bits per heavy atom. The Morgan fingerprint density at radius 3 is 2.78 bits per heavy atom. The second kappa shape index (κ2) is 6.81. The zero-order chi connectivity index (χ0) is 17.0. The Labute approximate surface area is 128 Å². The van der Waals surface area contributed by atoms with E-state index in [4.69, 9.17) is 0 Å². The maximum Gasteiger partial charge on any atom is 0.387 e. The van der Waals surface area contributed by atoms with Crippen molar-refractivity contribution >= 4 is 17.3 Å². The van der Waals surface area contributed by atoms with Crippen LogP contribution in [0.3, 0.4) is 0 Å². The number of halogens is 2. The Balaban J connectivity index is 2.10. The number of rotatable bonds is 6. The van der Waals surface area contributed by atoms with Crippen molar-refractivity contribution in [3.63, 3.8) is 0 Å². The van der Waals surface area contributed by atoms with E-state index >= 15 is 0 Å². The SMILES string of the molecule is Cc1c([N+](=O)[O-])cnn1CC(=O)Nc1ccccc1OC(F)F. The minimum atomic E-state index is -3.02. The van der Waals surface area contributed by atoms with Gasteiger partial charge in [0, 0.05) is 0 Å². The van der Waals surface area contributed by atoms with Gasteiger partial charge in [0.05, 0.1) is 10.6 Å². The maximum absolute atomic E-state index is 12.3. The number of alkyl halides is 2. The van der Waals surface area contributed by atoms with Crippen LogP contribution in [-0.4, -0.2) is 27.2 Å². The second-order valence-electron chi connectivity index (χ2n) is 4.45. The Hall–Kier alpha value is -3.04. The van der Waals surface area contributed by atoms with Crippen molar-refractivity contribution in [1.82, 2.24) is 9.78 Å². The van der Waals surface area contributed by atoms with Gasteiger partial charge in [0.15, 0.2) is 0 Å². The average molecular weight is 326 g/mol. The fourth-order valence-electron chi connectivity index (χ4n) is 1.87. The predicted molar refractivity (Wildman–Crippen MR) is 75.3 cm³/mol. The first kappa shape index (κ1) is 16.3. The number of hydrogen-bond acceptors (Lipinski definition) is 5. The molecule has 0 fully saturated rings. The molecule has 2 aromatic rings. The predicted octanol–water partition coefficient (Wildman–Crippen LogP) is 2.34. The van der Waals surface area contributed by atoms with Gasteiger partial charge in [0.25, 0.3) is 0 Å². The van der Waals surface area contributed by atoms with Crippen LogP contribution < -0.4 is 10.1 Å². The van der Waals surface area contributed by atoms with E-state index < -0.39 is 17.4 Å². The van der Waals surface area contributed by atoms with Gasteiger partial charge in [0.2, 0.25) is 5.91 Å². The fourth-order valence-corrected chi connectivity index (χ4v) is 1.87. The van der Waals surface area contributed by atoms with Gasteiger partial charge in [-0.15, -0.1) is 0 Å². The molecular weight excluding hydrogens is 314 g/mol. The van der Waals surface area contributed by atoms with Crippen molar-refractivity contribution in [2.75, 3.05) is 5.32 Å². The first-order valence-electron chi connectivity index (χ1n) is 6.39. The summed E-state index contributed by atoms with van der Waals surface area (Å²) < 4.78 is 30.0. The molecule has 0 saturated heterocycles. The van der Waals surface area contributed by atoms with E-state index in [9.17, 15) is 23.7 Å². The molecule has 1 N–H and O–H groups in total. The molecule has 1 aromatic heterocycles. The van der Waals surface area contributed by atoms with E-state index in [0.717, 1.165) is 10.9 Å². The number of anilines is 1. The number of carbonyl (C=O) groups excluding carboxylic acids is 1. The van der Waals surface area contributed by atoms with Crippen LogP contribution in [0.4, 0.5) is 20.2 Å². The summed E-state index contributed by atoms with van der Waals surface area (Å²) in [6.45, 7) is -1.88. The van der Waals surface area contributed by atoms with Crippen LogP contribution in [-0.2, 0) is 11.3 Å². The molecular formula is C13H12F2N4O4. The van der Waals surface area contributed by atoms with Crippen LogP contribution in [0.5, 0.6) is 5.75 Å². The van der Waals surface area contributed by atoms with Gasteiger partial charge in [0.1, 0.15) is 24.2 Å². The first-order valence-corrected chi connectivity index (χ1v) is 6.39. The van der Waals surface area contributed by atoms with Gasteiger partial charge >= 0.3 is 12.3 Å². The van der Waals surface area contributed by atoms with Crippen LogP contribution in [0.2, 0.25) is 0 Å². The first-order chi connectivity index (χ1) is 10.9. The van der Waals surface area contributed by atoms with Gasteiger partial charge in [-0.05, 0) is 19.1 Å². The van der Waals surface area contributed by atoms with Gasteiger partial charge < -0.3 is 10.1 Å². The molecule has 0 atom stereocenters. The fraction of sp³-hybridized carbons (Fsp3) is 0.231. The lowest BCUT2D eigenvalue weighted by atomic mass is 10.3.